The first-order valence-electron chi connectivity index (χ1n) is 18.7. The second-order valence-electron chi connectivity index (χ2n) is 14.0. The second-order valence-corrected chi connectivity index (χ2v) is 14.0. The van der Waals surface area contributed by atoms with E-state index >= 15 is 0 Å². The Morgan fingerprint density at radius 2 is 0.679 bits per heavy atom. The van der Waals surface area contributed by atoms with Gasteiger partial charge in [-0.3, -0.25) is 0 Å². The molecule has 0 aliphatic heterocycles. The standard InChI is InChI=1S/C51H31N3O2/c1-3-11-32(12-4-1)33-21-23-34(24-22-33)35-25-27-36(28-26-35)38-29-30-40-46(31-38)56-45-20-10-17-42(48(40)45)51-53-49(37-13-5-2-6-14-37)52-50(54-51)41-16-9-19-44-47(41)39-15-7-8-18-43(39)55-44/h1-31H. The van der Waals surface area contributed by atoms with Crippen LogP contribution in [0.5, 0.6) is 0 Å². The lowest BCUT2D eigenvalue weighted by Crippen LogP contribution is -2.00. The van der Waals surface area contributed by atoms with Crippen molar-refractivity contribution < 1.29 is 8.83 Å². The molecule has 11 aromatic rings. The molecule has 56 heavy (non-hydrogen) atoms. The third kappa shape index (κ3) is 5.45. The van der Waals surface area contributed by atoms with Crippen molar-refractivity contribution in [3.8, 4) is 67.5 Å². The van der Waals surface area contributed by atoms with Gasteiger partial charge in [0.15, 0.2) is 17.5 Å². The molecule has 0 aliphatic rings. The second kappa shape index (κ2) is 13.0. The SMILES string of the molecule is c1ccc(-c2ccc(-c3ccc(-c4ccc5c(c4)oc4cccc(-c6nc(-c7ccccc7)nc(-c7cccc8oc9ccccc9c78)n6)c45)cc3)cc2)cc1. The summed E-state index contributed by atoms with van der Waals surface area (Å²) in [4.78, 5) is 15.3. The van der Waals surface area contributed by atoms with E-state index in [1.807, 2.05) is 78.9 Å². The van der Waals surface area contributed by atoms with E-state index in [0.717, 1.165) is 71.7 Å². The lowest BCUT2D eigenvalue weighted by molar-refractivity contribution is 0.668. The monoisotopic (exact) mass is 717 g/mol. The van der Waals surface area contributed by atoms with E-state index in [0.29, 0.717) is 17.5 Å². The quantitative estimate of drug-likeness (QED) is 0.171. The van der Waals surface area contributed by atoms with Crippen LogP contribution < -0.4 is 0 Å². The largest absolute Gasteiger partial charge is 0.456 e. The normalized spacial score (nSPS) is 11.6. The zero-order valence-corrected chi connectivity index (χ0v) is 30.1. The van der Waals surface area contributed by atoms with Crippen molar-refractivity contribution in [2.75, 3.05) is 0 Å². The molecule has 8 aromatic carbocycles. The molecule has 0 amide bonds. The first-order valence-corrected chi connectivity index (χ1v) is 18.7. The molecule has 0 unspecified atom stereocenters. The molecule has 11 rings (SSSR count). The Morgan fingerprint density at radius 3 is 1.27 bits per heavy atom. The number of para-hydroxylation sites is 1. The Hall–Kier alpha value is -7.63. The molecule has 3 heterocycles. The van der Waals surface area contributed by atoms with Crippen LogP contribution in [0.25, 0.3) is 111 Å². The molecular weight excluding hydrogens is 687 g/mol. The fraction of sp³-hybridized carbons (Fsp3) is 0. The molecule has 0 aliphatic carbocycles. The molecule has 0 fully saturated rings. The van der Waals surface area contributed by atoms with Crippen molar-refractivity contribution in [1.29, 1.82) is 0 Å². The predicted octanol–water partition coefficient (Wildman–Crippen LogP) is 13.7. The Balaban J connectivity index is 0.996. The zero-order valence-electron chi connectivity index (χ0n) is 30.1. The highest BCUT2D eigenvalue weighted by atomic mass is 16.3. The summed E-state index contributed by atoms with van der Waals surface area (Å²) in [5.74, 6) is 1.75. The highest BCUT2D eigenvalue weighted by molar-refractivity contribution is 6.13. The number of rotatable bonds is 6. The molecule has 0 atom stereocenters. The minimum Gasteiger partial charge on any atom is -0.456 e. The molecule has 0 radical (unpaired) electrons. The average molecular weight is 718 g/mol. The van der Waals surface area contributed by atoms with Crippen LogP contribution in [-0.4, -0.2) is 15.0 Å². The third-order valence-electron chi connectivity index (χ3n) is 10.6. The van der Waals surface area contributed by atoms with Crippen LogP contribution >= 0.6 is 0 Å². The van der Waals surface area contributed by atoms with Gasteiger partial charge in [-0.05, 0) is 63.7 Å². The van der Waals surface area contributed by atoms with Gasteiger partial charge in [-0.2, -0.15) is 0 Å². The van der Waals surface area contributed by atoms with E-state index in [9.17, 15) is 0 Å². The first-order chi connectivity index (χ1) is 27.7. The highest BCUT2D eigenvalue weighted by Crippen LogP contribution is 2.40. The van der Waals surface area contributed by atoms with Gasteiger partial charge in [0.2, 0.25) is 0 Å². The van der Waals surface area contributed by atoms with E-state index in [1.54, 1.807) is 0 Å². The molecule has 0 saturated heterocycles. The topological polar surface area (TPSA) is 65.0 Å². The van der Waals surface area contributed by atoms with Gasteiger partial charge >= 0.3 is 0 Å². The summed E-state index contributed by atoms with van der Waals surface area (Å²) >= 11 is 0. The number of hydrogen-bond acceptors (Lipinski definition) is 5. The summed E-state index contributed by atoms with van der Waals surface area (Å²) < 4.78 is 12.8. The van der Waals surface area contributed by atoms with Crippen molar-refractivity contribution in [1.82, 2.24) is 15.0 Å². The summed E-state index contributed by atoms with van der Waals surface area (Å²) in [6.45, 7) is 0. The van der Waals surface area contributed by atoms with E-state index in [2.05, 4.69) is 109 Å². The van der Waals surface area contributed by atoms with E-state index < -0.39 is 0 Å². The van der Waals surface area contributed by atoms with Crippen LogP contribution in [0, 0.1) is 0 Å². The van der Waals surface area contributed by atoms with Crippen LogP contribution in [0.3, 0.4) is 0 Å². The van der Waals surface area contributed by atoms with Crippen molar-refractivity contribution in [3.05, 3.63) is 188 Å². The van der Waals surface area contributed by atoms with Crippen molar-refractivity contribution >= 4 is 43.9 Å². The number of hydrogen-bond donors (Lipinski definition) is 0. The van der Waals surface area contributed by atoms with Crippen molar-refractivity contribution in [2.45, 2.75) is 0 Å². The van der Waals surface area contributed by atoms with E-state index in [-0.39, 0.29) is 0 Å². The Kier molecular flexibility index (Phi) is 7.42. The fourth-order valence-electron chi connectivity index (χ4n) is 7.83. The molecule has 0 saturated carbocycles. The van der Waals surface area contributed by atoms with Crippen LogP contribution in [0.1, 0.15) is 0 Å². The first kappa shape index (κ1) is 31.9. The molecule has 0 N–H and O–H groups in total. The van der Waals surface area contributed by atoms with E-state index in [4.69, 9.17) is 23.8 Å². The summed E-state index contributed by atoms with van der Waals surface area (Å²) in [7, 11) is 0. The number of fused-ring (bicyclic) bond motifs is 6. The van der Waals surface area contributed by atoms with Crippen LogP contribution in [0.4, 0.5) is 0 Å². The maximum absolute atomic E-state index is 6.56. The predicted molar refractivity (Wildman–Crippen MR) is 227 cm³/mol. The third-order valence-corrected chi connectivity index (χ3v) is 10.6. The van der Waals surface area contributed by atoms with Gasteiger partial charge in [0, 0.05) is 38.2 Å². The molecular formula is C51H31N3O2. The summed E-state index contributed by atoms with van der Waals surface area (Å²) in [5, 5.41) is 3.96. The van der Waals surface area contributed by atoms with Gasteiger partial charge in [0.05, 0.1) is 0 Å². The summed E-state index contributed by atoms with van der Waals surface area (Å²) in [6.07, 6.45) is 0. The molecule has 5 nitrogen and oxygen atoms in total. The number of nitrogens with zero attached hydrogens (tertiary/aromatic N) is 3. The Bertz CT molecular complexity index is 3220. The molecule has 5 heteroatoms. The lowest BCUT2D eigenvalue weighted by Gasteiger charge is -2.10. The van der Waals surface area contributed by atoms with Gasteiger partial charge in [-0.15, -0.1) is 0 Å². The van der Waals surface area contributed by atoms with Gasteiger partial charge in [0.1, 0.15) is 22.3 Å². The minimum atomic E-state index is 0.573. The Labute approximate surface area is 322 Å². The van der Waals surface area contributed by atoms with E-state index in [1.165, 1.54) is 22.3 Å². The van der Waals surface area contributed by atoms with Gasteiger partial charge in [0.25, 0.3) is 0 Å². The van der Waals surface area contributed by atoms with Crippen LogP contribution in [0.2, 0.25) is 0 Å². The number of benzene rings is 8. The number of furan rings is 2. The summed E-state index contributed by atoms with van der Waals surface area (Å²) in [5.41, 5.74) is 12.8. The molecule has 0 spiro atoms. The highest BCUT2D eigenvalue weighted by Gasteiger charge is 2.20. The minimum absolute atomic E-state index is 0.573. The van der Waals surface area contributed by atoms with Crippen molar-refractivity contribution in [2.24, 2.45) is 0 Å². The number of aromatic nitrogens is 3. The molecule has 262 valence electrons. The maximum atomic E-state index is 6.56. The lowest BCUT2D eigenvalue weighted by atomic mass is 9.97. The summed E-state index contributed by atoms with van der Waals surface area (Å²) in [6, 6.07) is 64.6. The van der Waals surface area contributed by atoms with Crippen LogP contribution in [0.15, 0.2) is 197 Å². The molecule has 0 bridgehead atoms. The van der Waals surface area contributed by atoms with Crippen LogP contribution in [-0.2, 0) is 0 Å². The Morgan fingerprint density at radius 1 is 0.268 bits per heavy atom. The maximum Gasteiger partial charge on any atom is 0.164 e. The fourth-order valence-corrected chi connectivity index (χ4v) is 7.83. The van der Waals surface area contributed by atoms with Crippen molar-refractivity contribution in [3.63, 3.8) is 0 Å². The smallest absolute Gasteiger partial charge is 0.164 e. The average Bonchev–Trinajstić information content (AvgIpc) is 3.85. The van der Waals surface area contributed by atoms with Gasteiger partial charge in [-0.25, -0.2) is 15.0 Å². The zero-order chi connectivity index (χ0) is 37.0. The molecule has 3 aromatic heterocycles. The van der Waals surface area contributed by atoms with Gasteiger partial charge < -0.3 is 8.83 Å². The van der Waals surface area contributed by atoms with Gasteiger partial charge in [-0.1, -0.05) is 158 Å².